The molecule has 1 aromatic rings. The highest BCUT2D eigenvalue weighted by atomic mass is 15.3. The van der Waals surface area contributed by atoms with Crippen LogP contribution in [0.1, 0.15) is 5.69 Å². The Morgan fingerprint density at radius 2 is 2.25 bits per heavy atom. The molecule has 0 saturated carbocycles. The number of nitrogens with one attached hydrogen (secondary N) is 1. The van der Waals surface area contributed by atoms with E-state index in [1.807, 2.05) is 25.1 Å². The fourth-order valence-corrected chi connectivity index (χ4v) is 0.528. The van der Waals surface area contributed by atoms with E-state index in [0.29, 0.717) is 0 Å². The molecule has 2 nitrogen and oxygen atoms in total. The monoisotopic (exact) mass is 108 g/mol. The second-order valence-corrected chi connectivity index (χ2v) is 1.71. The van der Waals surface area contributed by atoms with Gasteiger partial charge in [0.2, 0.25) is 0 Å². The topological polar surface area (TPSA) is 27.7 Å². The van der Waals surface area contributed by atoms with Gasteiger partial charge in [0.15, 0.2) is 11.9 Å². The van der Waals surface area contributed by atoms with E-state index in [1.165, 1.54) is 4.68 Å². The van der Waals surface area contributed by atoms with Crippen LogP contribution in [0, 0.1) is 6.92 Å². The zero-order chi connectivity index (χ0) is 5.98. The minimum atomic E-state index is 0.951. The molecule has 0 aliphatic carbocycles. The largest absolute Gasteiger partial charge is 0.449 e. The second kappa shape index (κ2) is 1.82. The molecule has 8 heavy (non-hydrogen) atoms. The summed E-state index contributed by atoms with van der Waals surface area (Å²) in [6.07, 6.45) is 1.70. The van der Waals surface area contributed by atoms with Crippen molar-refractivity contribution in [1.82, 2.24) is 0 Å². The summed E-state index contributed by atoms with van der Waals surface area (Å²) in [6, 6.07) is 5.65. The minimum Gasteiger partial charge on any atom is -0.449 e. The highest BCUT2D eigenvalue weighted by Gasteiger charge is 1.87. The Labute approximate surface area is 48.5 Å². The van der Waals surface area contributed by atoms with Crippen LogP contribution in [0.4, 0.5) is 0 Å². The maximum absolute atomic E-state index is 7.14. The smallest absolute Gasteiger partial charge is 0.173 e. The van der Waals surface area contributed by atoms with E-state index in [-0.39, 0.29) is 0 Å². The molecule has 0 aliphatic heterocycles. The van der Waals surface area contributed by atoms with E-state index in [0.717, 1.165) is 5.69 Å². The fraction of sp³-hybridized carbons (Fsp3) is 0.167. The van der Waals surface area contributed by atoms with Crippen LogP contribution in [-0.4, -0.2) is 0 Å². The third kappa shape index (κ3) is 0.780. The zero-order valence-electron chi connectivity index (χ0n) is 4.76. The van der Waals surface area contributed by atoms with E-state index >= 15 is 0 Å². The molecule has 2 heteroatoms. The van der Waals surface area contributed by atoms with Crippen LogP contribution in [0.5, 0.6) is 0 Å². The second-order valence-electron chi connectivity index (χ2n) is 1.71. The molecule has 0 atom stereocenters. The summed E-state index contributed by atoms with van der Waals surface area (Å²) in [6.45, 7) is 1.90. The maximum Gasteiger partial charge on any atom is 0.173 e. The predicted octanol–water partition coefficient (Wildman–Crippen LogP) is 1.10. The van der Waals surface area contributed by atoms with Gasteiger partial charge in [-0.1, -0.05) is 6.07 Å². The summed E-state index contributed by atoms with van der Waals surface area (Å²) in [5, 5.41) is 0. The van der Waals surface area contributed by atoms with Crippen molar-refractivity contribution in [1.29, 1.82) is 0 Å². The number of hydrogen-bond acceptors (Lipinski definition) is 0. The van der Waals surface area contributed by atoms with Gasteiger partial charge >= 0.3 is 0 Å². The van der Waals surface area contributed by atoms with Crippen molar-refractivity contribution in [2.45, 2.75) is 6.92 Å². The number of aromatic nitrogens is 1. The molecule has 0 unspecified atom stereocenters. The Bertz CT molecular complexity index is 163. The number of rotatable bonds is 0. The van der Waals surface area contributed by atoms with Crippen molar-refractivity contribution < 1.29 is 4.68 Å². The minimum absolute atomic E-state index is 0.951. The van der Waals surface area contributed by atoms with Gasteiger partial charge in [-0.15, -0.1) is 0 Å². The van der Waals surface area contributed by atoms with Crippen molar-refractivity contribution in [3.05, 3.63) is 35.9 Å². The highest BCUT2D eigenvalue weighted by Crippen LogP contribution is 1.84. The van der Waals surface area contributed by atoms with Crippen molar-refractivity contribution in [2.75, 3.05) is 0 Å². The van der Waals surface area contributed by atoms with Gasteiger partial charge in [0.05, 0.1) is 0 Å². The maximum atomic E-state index is 7.14. The van der Waals surface area contributed by atoms with Gasteiger partial charge in [-0.05, 0) is 0 Å². The van der Waals surface area contributed by atoms with Crippen LogP contribution in [0.25, 0.3) is 5.84 Å². The zero-order valence-corrected chi connectivity index (χ0v) is 4.76. The SMILES string of the molecule is Cc1cccc[n+]1[NH-]. The Morgan fingerprint density at radius 3 is 2.62 bits per heavy atom. The lowest BCUT2D eigenvalue weighted by Crippen LogP contribution is -2.25. The average Bonchev–Trinajstić information content (AvgIpc) is 1.77. The van der Waals surface area contributed by atoms with Gasteiger partial charge in [0.1, 0.15) is 0 Å². The van der Waals surface area contributed by atoms with Gasteiger partial charge in [0.25, 0.3) is 0 Å². The first-order valence-corrected chi connectivity index (χ1v) is 2.49. The molecule has 0 aromatic carbocycles. The molecule has 1 N–H and O–H groups in total. The normalized spacial score (nSPS) is 9.12. The third-order valence-electron chi connectivity index (χ3n) is 1.06. The van der Waals surface area contributed by atoms with E-state index in [4.69, 9.17) is 5.84 Å². The Morgan fingerprint density at radius 1 is 1.50 bits per heavy atom. The first-order chi connectivity index (χ1) is 3.80. The van der Waals surface area contributed by atoms with Gasteiger partial charge in [-0.3, -0.25) is 0 Å². The van der Waals surface area contributed by atoms with Crippen molar-refractivity contribution >= 4 is 0 Å². The van der Waals surface area contributed by atoms with Crippen LogP contribution in [-0.2, 0) is 0 Å². The van der Waals surface area contributed by atoms with Gasteiger partial charge in [0, 0.05) is 19.1 Å². The first kappa shape index (κ1) is 5.09. The molecular formula is C6H8N2. The molecule has 0 bridgehead atoms. The van der Waals surface area contributed by atoms with E-state index in [9.17, 15) is 0 Å². The Kier molecular flexibility index (Phi) is 1.16. The van der Waals surface area contributed by atoms with Crippen molar-refractivity contribution in [2.24, 2.45) is 0 Å². The lowest BCUT2D eigenvalue weighted by molar-refractivity contribution is -0.612. The van der Waals surface area contributed by atoms with Gasteiger partial charge < -0.3 is 5.84 Å². The summed E-state index contributed by atoms with van der Waals surface area (Å²) >= 11 is 0. The fourth-order valence-electron chi connectivity index (χ4n) is 0.528. The third-order valence-corrected chi connectivity index (χ3v) is 1.06. The summed E-state index contributed by atoms with van der Waals surface area (Å²) in [4.78, 5) is 0. The quantitative estimate of drug-likeness (QED) is 0.445. The highest BCUT2D eigenvalue weighted by molar-refractivity contribution is 4.94. The van der Waals surface area contributed by atoms with Crippen LogP contribution in [0.3, 0.4) is 0 Å². The molecule has 1 rings (SSSR count). The Balaban J connectivity index is 3.13. The van der Waals surface area contributed by atoms with Crippen molar-refractivity contribution in [3.63, 3.8) is 0 Å². The van der Waals surface area contributed by atoms with Crippen LogP contribution >= 0.6 is 0 Å². The van der Waals surface area contributed by atoms with E-state index in [2.05, 4.69) is 0 Å². The van der Waals surface area contributed by atoms with Crippen molar-refractivity contribution in [3.8, 4) is 0 Å². The molecule has 1 heterocycles. The number of hydrogen-bond donors (Lipinski definition) is 0. The molecule has 0 radical (unpaired) electrons. The van der Waals surface area contributed by atoms with E-state index < -0.39 is 0 Å². The summed E-state index contributed by atoms with van der Waals surface area (Å²) in [5.74, 6) is 7.14. The van der Waals surface area contributed by atoms with Crippen LogP contribution < -0.4 is 4.68 Å². The molecular weight excluding hydrogens is 100 g/mol. The van der Waals surface area contributed by atoms with Gasteiger partial charge in [-0.2, -0.15) is 0 Å². The molecule has 0 saturated heterocycles. The lowest BCUT2D eigenvalue weighted by atomic mass is 10.4. The number of pyridine rings is 1. The number of nitrogens with zero attached hydrogens (tertiary/aromatic N) is 1. The van der Waals surface area contributed by atoms with Crippen LogP contribution in [0.2, 0.25) is 0 Å². The molecule has 0 aliphatic rings. The summed E-state index contributed by atoms with van der Waals surface area (Å²) < 4.78 is 1.33. The van der Waals surface area contributed by atoms with Crippen LogP contribution in [0.15, 0.2) is 24.4 Å². The molecule has 42 valence electrons. The summed E-state index contributed by atoms with van der Waals surface area (Å²) in [7, 11) is 0. The molecule has 0 spiro atoms. The molecule has 0 fully saturated rings. The lowest BCUT2D eigenvalue weighted by Gasteiger charge is -1.95. The number of aryl methyl sites for hydroxylation is 1. The molecule has 1 aromatic heterocycles. The summed E-state index contributed by atoms with van der Waals surface area (Å²) in [5.41, 5.74) is 0.951. The predicted molar refractivity (Wildman–Crippen MR) is 31.1 cm³/mol. The standard InChI is InChI=1S/C6H8N2/c1-6-4-2-3-5-8(6)7/h2-5,7H,1H3. The first-order valence-electron chi connectivity index (χ1n) is 2.49. The van der Waals surface area contributed by atoms with Gasteiger partial charge in [-0.25, -0.2) is 4.68 Å². The Hall–Kier alpha value is -1.05. The van der Waals surface area contributed by atoms with E-state index in [1.54, 1.807) is 6.20 Å². The molecule has 0 amide bonds. The average molecular weight is 108 g/mol.